The zero-order valence-corrected chi connectivity index (χ0v) is 11.2. The molecule has 0 aliphatic rings. The van der Waals surface area contributed by atoms with Crippen molar-refractivity contribution in [2.24, 2.45) is 0 Å². The maximum absolute atomic E-state index is 12.9. The summed E-state index contributed by atoms with van der Waals surface area (Å²) in [6, 6.07) is 5.69. The number of nitrogen functional groups attached to an aromatic ring is 1. The molecule has 0 saturated carbocycles. The van der Waals surface area contributed by atoms with Crippen LogP contribution in [0.3, 0.4) is 0 Å². The van der Waals surface area contributed by atoms with Crippen LogP contribution in [0.2, 0.25) is 0 Å². The van der Waals surface area contributed by atoms with Crippen LogP contribution in [0.5, 0.6) is 0 Å². The van der Waals surface area contributed by atoms with Crippen molar-refractivity contribution in [2.45, 2.75) is 19.9 Å². The van der Waals surface area contributed by atoms with Gasteiger partial charge in [0.15, 0.2) is 5.82 Å². The molecule has 0 unspecified atom stereocenters. The molecule has 20 heavy (non-hydrogen) atoms. The number of halogens is 1. The number of hydrogen-bond donors (Lipinski definition) is 1. The third-order valence-electron chi connectivity index (χ3n) is 2.92. The second kappa shape index (κ2) is 5.68. The normalized spacial score (nSPS) is 12.2. The highest BCUT2D eigenvalue weighted by Crippen LogP contribution is 2.22. The second-order valence-corrected chi connectivity index (χ2v) is 4.22. The van der Waals surface area contributed by atoms with E-state index in [2.05, 4.69) is 10.3 Å². The smallest absolute Gasteiger partial charge is 0.362 e. The highest BCUT2D eigenvalue weighted by molar-refractivity contribution is 5.91. The van der Waals surface area contributed by atoms with Gasteiger partial charge in [-0.2, -0.15) is 0 Å². The molecule has 0 aliphatic heterocycles. The highest BCUT2D eigenvalue weighted by Gasteiger charge is 2.21. The number of nitrogens with two attached hydrogens (primary N) is 1. The van der Waals surface area contributed by atoms with Crippen molar-refractivity contribution in [1.82, 2.24) is 15.0 Å². The Balaban J connectivity index is 2.29. The van der Waals surface area contributed by atoms with E-state index in [1.807, 2.05) is 6.92 Å². The molecule has 1 atom stereocenters. The number of nitrogens with zero attached hydrogens (tertiary/aromatic N) is 3. The van der Waals surface area contributed by atoms with E-state index in [4.69, 9.17) is 10.5 Å². The van der Waals surface area contributed by atoms with E-state index in [0.717, 1.165) is 5.56 Å². The fraction of sp³-hybridized carbons (Fsp3) is 0.308. The fourth-order valence-corrected chi connectivity index (χ4v) is 1.81. The first kappa shape index (κ1) is 14.0. The van der Waals surface area contributed by atoms with Gasteiger partial charge in [-0.05, 0) is 31.5 Å². The summed E-state index contributed by atoms with van der Waals surface area (Å²) in [5.74, 6) is -0.803. The van der Waals surface area contributed by atoms with Crippen LogP contribution in [0.25, 0.3) is 0 Å². The van der Waals surface area contributed by atoms with Gasteiger partial charge in [0.05, 0.1) is 12.6 Å². The average molecular weight is 278 g/mol. The molecular formula is C13H15FN4O2. The van der Waals surface area contributed by atoms with Gasteiger partial charge in [0.2, 0.25) is 5.69 Å². The summed E-state index contributed by atoms with van der Waals surface area (Å²) >= 11 is 0. The van der Waals surface area contributed by atoms with E-state index in [1.165, 1.54) is 16.8 Å². The molecule has 0 spiro atoms. The van der Waals surface area contributed by atoms with Crippen LogP contribution in [0, 0.1) is 5.82 Å². The van der Waals surface area contributed by atoms with Crippen molar-refractivity contribution in [2.75, 3.05) is 12.3 Å². The van der Waals surface area contributed by atoms with Crippen molar-refractivity contribution in [3.8, 4) is 0 Å². The molecule has 1 aromatic carbocycles. The van der Waals surface area contributed by atoms with E-state index in [9.17, 15) is 9.18 Å². The first-order valence-electron chi connectivity index (χ1n) is 6.17. The molecular weight excluding hydrogens is 263 g/mol. The number of carbonyl (C=O) groups excluding carboxylic acids is 1. The van der Waals surface area contributed by atoms with Gasteiger partial charge >= 0.3 is 5.97 Å². The third kappa shape index (κ3) is 2.61. The molecule has 0 radical (unpaired) electrons. The predicted molar refractivity (Wildman–Crippen MR) is 70.6 cm³/mol. The summed E-state index contributed by atoms with van der Waals surface area (Å²) in [6.45, 7) is 3.76. The van der Waals surface area contributed by atoms with Gasteiger partial charge in [0, 0.05) is 0 Å². The predicted octanol–water partition coefficient (Wildman–Crippen LogP) is 1.79. The van der Waals surface area contributed by atoms with Crippen molar-refractivity contribution in [3.05, 3.63) is 41.3 Å². The number of hydrogen-bond acceptors (Lipinski definition) is 5. The maximum atomic E-state index is 12.9. The Morgan fingerprint density at radius 3 is 2.70 bits per heavy atom. The maximum Gasteiger partial charge on any atom is 0.362 e. The molecule has 2 aromatic rings. The van der Waals surface area contributed by atoms with Crippen molar-refractivity contribution >= 4 is 11.8 Å². The minimum Gasteiger partial charge on any atom is -0.461 e. The zero-order chi connectivity index (χ0) is 14.7. The first-order valence-corrected chi connectivity index (χ1v) is 6.17. The zero-order valence-electron chi connectivity index (χ0n) is 11.2. The highest BCUT2D eigenvalue weighted by atomic mass is 19.1. The molecule has 1 aromatic heterocycles. The van der Waals surface area contributed by atoms with E-state index >= 15 is 0 Å². The van der Waals surface area contributed by atoms with E-state index < -0.39 is 5.97 Å². The topological polar surface area (TPSA) is 83.0 Å². The van der Waals surface area contributed by atoms with Gasteiger partial charge < -0.3 is 10.5 Å². The summed E-state index contributed by atoms with van der Waals surface area (Å²) < 4.78 is 19.1. The van der Waals surface area contributed by atoms with Crippen LogP contribution < -0.4 is 5.73 Å². The number of esters is 1. The molecule has 0 amide bonds. The van der Waals surface area contributed by atoms with Crippen LogP contribution in [0.15, 0.2) is 24.3 Å². The molecule has 7 heteroatoms. The molecule has 0 bridgehead atoms. The minimum absolute atomic E-state index is 0.0131. The summed E-state index contributed by atoms with van der Waals surface area (Å²) in [5, 5.41) is 7.60. The Morgan fingerprint density at radius 1 is 1.45 bits per heavy atom. The summed E-state index contributed by atoms with van der Waals surface area (Å²) in [4.78, 5) is 11.6. The Labute approximate surface area is 115 Å². The molecule has 6 nitrogen and oxygen atoms in total. The SMILES string of the molecule is CCOC(=O)c1nnn([C@@H](C)c2ccc(F)cc2)c1N. The van der Waals surface area contributed by atoms with Crippen molar-refractivity contribution < 1.29 is 13.9 Å². The molecule has 0 saturated heterocycles. The third-order valence-corrected chi connectivity index (χ3v) is 2.92. The Morgan fingerprint density at radius 2 is 2.10 bits per heavy atom. The van der Waals surface area contributed by atoms with Crippen LogP contribution in [-0.2, 0) is 4.74 Å². The number of ether oxygens (including phenoxy) is 1. The van der Waals surface area contributed by atoms with Crippen LogP contribution >= 0.6 is 0 Å². The lowest BCUT2D eigenvalue weighted by atomic mass is 10.1. The fourth-order valence-electron chi connectivity index (χ4n) is 1.81. The molecule has 0 fully saturated rings. The van der Waals surface area contributed by atoms with Gasteiger partial charge in [0.1, 0.15) is 5.82 Å². The lowest BCUT2D eigenvalue weighted by molar-refractivity contribution is 0.0520. The number of rotatable bonds is 4. The van der Waals surface area contributed by atoms with E-state index in [0.29, 0.717) is 0 Å². The van der Waals surface area contributed by atoms with E-state index in [1.54, 1.807) is 19.1 Å². The first-order chi connectivity index (χ1) is 9.54. The van der Waals surface area contributed by atoms with Crippen LogP contribution in [0.4, 0.5) is 10.2 Å². The second-order valence-electron chi connectivity index (χ2n) is 4.22. The van der Waals surface area contributed by atoms with Gasteiger partial charge in [-0.3, -0.25) is 0 Å². The molecule has 1 heterocycles. The Kier molecular flexibility index (Phi) is 3.97. The minimum atomic E-state index is -0.609. The monoisotopic (exact) mass is 278 g/mol. The summed E-state index contributed by atoms with van der Waals surface area (Å²) in [5.41, 5.74) is 6.66. The lowest BCUT2D eigenvalue weighted by Crippen LogP contribution is -2.13. The molecule has 106 valence electrons. The molecule has 2 rings (SSSR count). The Bertz CT molecular complexity index is 609. The van der Waals surface area contributed by atoms with Gasteiger partial charge in [0.25, 0.3) is 0 Å². The van der Waals surface area contributed by atoms with Gasteiger partial charge in [-0.15, -0.1) is 5.10 Å². The summed E-state index contributed by atoms with van der Waals surface area (Å²) in [6.07, 6.45) is 0. The van der Waals surface area contributed by atoms with Crippen LogP contribution in [-0.4, -0.2) is 27.6 Å². The van der Waals surface area contributed by atoms with Gasteiger partial charge in [-0.1, -0.05) is 17.3 Å². The summed E-state index contributed by atoms with van der Waals surface area (Å²) in [7, 11) is 0. The van der Waals surface area contributed by atoms with E-state index in [-0.39, 0.29) is 30.0 Å². The number of benzene rings is 1. The van der Waals surface area contributed by atoms with Crippen molar-refractivity contribution in [1.29, 1.82) is 0 Å². The quantitative estimate of drug-likeness (QED) is 0.862. The lowest BCUT2D eigenvalue weighted by Gasteiger charge is -2.13. The number of carbonyl (C=O) groups is 1. The largest absolute Gasteiger partial charge is 0.461 e. The number of aromatic nitrogens is 3. The van der Waals surface area contributed by atoms with Gasteiger partial charge in [-0.25, -0.2) is 13.9 Å². The Hall–Kier alpha value is -2.44. The molecule has 0 aliphatic carbocycles. The average Bonchev–Trinajstić information content (AvgIpc) is 2.81. The van der Waals surface area contributed by atoms with Crippen molar-refractivity contribution in [3.63, 3.8) is 0 Å². The standard InChI is InChI=1S/C13H15FN4O2/c1-3-20-13(19)11-12(15)18(17-16-11)8(2)9-4-6-10(14)7-5-9/h4-8H,3,15H2,1-2H3/t8-/m0/s1. The molecule has 2 N–H and O–H groups in total. The van der Waals surface area contributed by atoms with Crippen LogP contribution in [0.1, 0.15) is 35.9 Å². The number of anilines is 1.